The first kappa shape index (κ1) is 19.5. The number of benzene rings is 2. The molecule has 0 saturated carbocycles. The molecule has 1 unspecified atom stereocenters. The Bertz CT molecular complexity index is 1350. The van der Waals surface area contributed by atoms with E-state index in [9.17, 15) is 9.65 Å². The molecule has 1 N–H and O–H groups in total. The van der Waals surface area contributed by atoms with E-state index >= 15 is 0 Å². The molecule has 3 heterocycles. The minimum Gasteiger partial charge on any atom is -0.356 e. The molecule has 2 aromatic heterocycles. The highest BCUT2D eigenvalue weighted by atomic mass is 35.5. The number of nitrogens with zero attached hydrogens (tertiary/aromatic N) is 4. The van der Waals surface area contributed by atoms with Gasteiger partial charge in [0.25, 0.3) is 0 Å². The second-order valence-electron chi connectivity index (χ2n) is 7.86. The van der Waals surface area contributed by atoms with Crippen LogP contribution in [0, 0.1) is 31.0 Å². The van der Waals surface area contributed by atoms with E-state index in [2.05, 4.69) is 50.2 Å². The second-order valence-corrected chi connectivity index (χ2v) is 8.27. The number of aromatic amines is 1. The van der Waals surface area contributed by atoms with Crippen LogP contribution in [-0.2, 0) is 6.42 Å². The molecule has 1 aliphatic rings. The predicted molar refractivity (Wildman–Crippen MR) is 119 cm³/mol. The van der Waals surface area contributed by atoms with Gasteiger partial charge in [0.1, 0.15) is 11.8 Å². The number of hydrogen-bond donors (Lipinski definition) is 1. The summed E-state index contributed by atoms with van der Waals surface area (Å²) in [4.78, 5) is 14.6. The lowest BCUT2D eigenvalue weighted by Crippen LogP contribution is -2.37. The number of fused-ring (bicyclic) bond motifs is 3. The normalized spacial score (nSPS) is 15.7. The lowest BCUT2D eigenvalue weighted by Gasteiger charge is -2.36. The van der Waals surface area contributed by atoms with Crippen LogP contribution in [-0.4, -0.2) is 21.5 Å². The maximum Gasteiger partial charge on any atom is 0.227 e. The average Bonchev–Trinajstić information content (AvgIpc) is 3.15. The molecule has 154 valence electrons. The van der Waals surface area contributed by atoms with Gasteiger partial charge in [-0.05, 0) is 49.6 Å². The minimum absolute atomic E-state index is 0.115. The van der Waals surface area contributed by atoms with Gasteiger partial charge in [0.05, 0.1) is 11.1 Å². The quantitative estimate of drug-likeness (QED) is 0.462. The molecule has 0 saturated heterocycles. The Morgan fingerprint density at radius 1 is 1.16 bits per heavy atom. The first-order valence-corrected chi connectivity index (χ1v) is 10.4. The SMILES string of the molecule is Cc1ccc(C2c3[nH]c4ccc(Cl)c(F)c4c3CCN2c2nc(C)cc(C#N)n2)cc1. The summed E-state index contributed by atoms with van der Waals surface area (Å²) in [6, 6.07) is 15.2. The van der Waals surface area contributed by atoms with Gasteiger partial charge in [0.15, 0.2) is 5.82 Å². The molecule has 7 heteroatoms. The summed E-state index contributed by atoms with van der Waals surface area (Å²) in [5.74, 6) is 0.0938. The van der Waals surface area contributed by atoms with Crippen molar-refractivity contribution in [3.05, 3.63) is 87.1 Å². The Balaban J connectivity index is 1.75. The molecule has 0 spiro atoms. The van der Waals surface area contributed by atoms with Gasteiger partial charge in [-0.25, -0.2) is 14.4 Å². The zero-order valence-electron chi connectivity index (χ0n) is 17.1. The number of nitrogens with one attached hydrogen (secondary N) is 1. The molecule has 0 bridgehead atoms. The predicted octanol–water partition coefficient (Wildman–Crippen LogP) is 5.39. The number of aromatic nitrogens is 3. The van der Waals surface area contributed by atoms with E-state index in [-0.39, 0.29) is 11.1 Å². The number of H-pyrrole nitrogens is 1. The lowest BCUT2D eigenvalue weighted by atomic mass is 9.92. The molecule has 0 radical (unpaired) electrons. The number of halogens is 2. The van der Waals surface area contributed by atoms with Crippen molar-refractivity contribution in [2.75, 3.05) is 11.4 Å². The number of rotatable bonds is 2. The van der Waals surface area contributed by atoms with Crippen LogP contribution in [0.1, 0.15) is 39.8 Å². The van der Waals surface area contributed by atoms with Crippen molar-refractivity contribution < 1.29 is 4.39 Å². The van der Waals surface area contributed by atoms with Crippen molar-refractivity contribution in [1.29, 1.82) is 5.26 Å². The summed E-state index contributed by atoms with van der Waals surface area (Å²) in [5, 5.41) is 10.0. The van der Waals surface area contributed by atoms with Crippen molar-refractivity contribution >= 4 is 28.5 Å². The molecule has 0 aliphatic carbocycles. The molecule has 0 fully saturated rings. The zero-order chi connectivity index (χ0) is 21.7. The highest BCUT2D eigenvalue weighted by Gasteiger charge is 2.34. The van der Waals surface area contributed by atoms with Gasteiger partial charge in [0, 0.05) is 28.8 Å². The molecule has 1 atom stereocenters. The summed E-state index contributed by atoms with van der Waals surface area (Å²) in [5.41, 5.74) is 5.77. The van der Waals surface area contributed by atoms with Gasteiger partial charge >= 0.3 is 0 Å². The van der Waals surface area contributed by atoms with E-state index in [1.807, 2.05) is 19.9 Å². The topological polar surface area (TPSA) is 68.6 Å². The van der Waals surface area contributed by atoms with E-state index < -0.39 is 5.82 Å². The molecule has 2 aromatic carbocycles. The Morgan fingerprint density at radius 3 is 2.68 bits per heavy atom. The number of nitriles is 1. The fourth-order valence-electron chi connectivity index (χ4n) is 4.36. The van der Waals surface area contributed by atoms with Gasteiger partial charge in [0.2, 0.25) is 5.95 Å². The first-order valence-electron chi connectivity index (χ1n) is 10.0. The van der Waals surface area contributed by atoms with Gasteiger partial charge in [-0.15, -0.1) is 0 Å². The summed E-state index contributed by atoms with van der Waals surface area (Å²) in [6.07, 6.45) is 0.605. The molecule has 4 aromatic rings. The van der Waals surface area contributed by atoms with E-state index in [1.54, 1.807) is 12.1 Å². The van der Waals surface area contributed by atoms with Gasteiger partial charge in [-0.2, -0.15) is 5.26 Å². The van der Waals surface area contributed by atoms with Gasteiger partial charge in [-0.3, -0.25) is 0 Å². The van der Waals surface area contributed by atoms with Crippen LogP contribution in [0.15, 0.2) is 42.5 Å². The number of aryl methyl sites for hydroxylation is 2. The maximum absolute atomic E-state index is 14.9. The van der Waals surface area contributed by atoms with Gasteiger partial charge < -0.3 is 9.88 Å². The van der Waals surface area contributed by atoms with Crippen LogP contribution in [0.25, 0.3) is 10.9 Å². The monoisotopic (exact) mass is 431 g/mol. The molecule has 1 aliphatic heterocycles. The largest absolute Gasteiger partial charge is 0.356 e. The third-order valence-electron chi connectivity index (χ3n) is 5.79. The molecule has 0 amide bonds. The zero-order valence-corrected chi connectivity index (χ0v) is 17.8. The van der Waals surface area contributed by atoms with Crippen molar-refractivity contribution in [2.24, 2.45) is 0 Å². The van der Waals surface area contributed by atoms with Crippen LogP contribution >= 0.6 is 11.6 Å². The van der Waals surface area contributed by atoms with E-state index in [0.29, 0.717) is 35.5 Å². The standard InChI is InChI=1S/C24H19ClFN5/c1-13-3-5-15(6-4-13)23-22-17(20-19(30-22)8-7-18(25)21(20)26)9-10-31(23)24-28-14(2)11-16(12-27)29-24/h3-8,11,23,30H,9-10H2,1-2H3. The highest BCUT2D eigenvalue weighted by molar-refractivity contribution is 6.31. The van der Waals surface area contributed by atoms with Crippen LogP contribution in [0.3, 0.4) is 0 Å². The van der Waals surface area contributed by atoms with Crippen molar-refractivity contribution in [3.8, 4) is 6.07 Å². The maximum atomic E-state index is 14.9. The van der Waals surface area contributed by atoms with E-state index in [1.165, 1.54) is 0 Å². The third kappa shape index (κ3) is 3.22. The summed E-state index contributed by atoms with van der Waals surface area (Å²) in [7, 11) is 0. The second kappa shape index (κ2) is 7.36. The molecular formula is C24H19ClFN5. The third-order valence-corrected chi connectivity index (χ3v) is 6.08. The molecular weight excluding hydrogens is 413 g/mol. The Morgan fingerprint density at radius 2 is 1.94 bits per heavy atom. The highest BCUT2D eigenvalue weighted by Crippen LogP contribution is 2.41. The van der Waals surface area contributed by atoms with Crippen molar-refractivity contribution in [1.82, 2.24) is 15.0 Å². The van der Waals surface area contributed by atoms with Crippen LogP contribution in [0.4, 0.5) is 10.3 Å². The smallest absolute Gasteiger partial charge is 0.227 e. The van der Waals surface area contributed by atoms with Crippen LogP contribution in [0.5, 0.6) is 0 Å². The van der Waals surface area contributed by atoms with Gasteiger partial charge in [-0.1, -0.05) is 41.4 Å². The average molecular weight is 432 g/mol. The number of hydrogen-bond acceptors (Lipinski definition) is 4. The molecule has 5 nitrogen and oxygen atoms in total. The first-order chi connectivity index (χ1) is 15.0. The Kier molecular flexibility index (Phi) is 4.64. The van der Waals surface area contributed by atoms with E-state index in [4.69, 9.17) is 11.6 Å². The minimum atomic E-state index is -0.397. The van der Waals surface area contributed by atoms with Crippen molar-refractivity contribution in [3.63, 3.8) is 0 Å². The Hall–Kier alpha value is -3.43. The summed E-state index contributed by atoms with van der Waals surface area (Å²) >= 11 is 6.08. The van der Waals surface area contributed by atoms with Crippen molar-refractivity contribution in [2.45, 2.75) is 26.3 Å². The molecule has 31 heavy (non-hydrogen) atoms. The summed E-state index contributed by atoms with van der Waals surface area (Å²) < 4.78 is 14.9. The summed E-state index contributed by atoms with van der Waals surface area (Å²) in [6.45, 7) is 4.47. The lowest BCUT2D eigenvalue weighted by molar-refractivity contribution is 0.618. The fourth-order valence-corrected chi connectivity index (χ4v) is 4.52. The van der Waals surface area contributed by atoms with E-state index in [0.717, 1.165) is 28.1 Å². The van der Waals surface area contributed by atoms with Crippen LogP contribution < -0.4 is 4.90 Å². The van der Waals surface area contributed by atoms with Crippen LogP contribution in [0.2, 0.25) is 5.02 Å². The Labute approximate surface area is 184 Å². The fraction of sp³-hybridized carbons (Fsp3) is 0.208. The number of anilines is 1. The molecule has 5 rings (SSSR count).